The number of anilines is 1. The molecule has 3 aromatic rings. The van der Waals surface area contributed by atoms with Gasteiger partial charge in [0.25, 0.3) is 0 Å². The lowest BCUT2D eigenvalue weighted by atomic mass is 9.99. The van der Waals surface area contributed by atoms with Crippen molar-refractivity contribution in [3.8, 4) is 11.5 Å². The van der Waals surface area contributed by atoms with Crippen LogP contribution >= 0.6 is 0 Å². The molecule has 0 amide bonds. The summed E-state index contributed by atoms with van der Waals surface area (Å²) in [5.74, 6) is 1.33. The van der Waals surface area contributed by atoms with Gasteiger partial charge < -0.3 is 9.32 Å². The minimum Gasteiger partial charge on any atom is -0.419 e. The van der Waals surface area contributed by atoms with E-state index in [0.29, 0.717) is 17.7 Å². The van der Waals surface area contributed by atoms with E-state index < -0.39 is 9.84 Å². The number of nitrogens with zero attached hydrogens (tertiary/aromatic N) is 2. The smallest absolute Gasteiger partial charge is 0.236 e. The number of rotatable bonds is 5. The monoisotopic (exact) mass is 424 g/mol. The highest BCUT2D eigenvalue weighted by Crippen LogP contribution is 2.36. The van der Waals surface area contributed by atoms with Crippen LogP contribution in [0.25, 0.3) is 11.5 Å². The summed E-state index contributed by atoms with van der Waals surface area (Å²) < 4.78 is 33.1. The Balaban J connectivity index is 1.80. The zero-order valence-corrected chi connectivity index (χ0v) is 18.6. The first kappa shape index (κ1) is 20.7. The predicted molar refractivity (Wildman–Crippen MR) is 119 cm³/mol. The van der Waals surface area contributed by atoms with Crippen molar-refractivity contribution in [2.75, 3.05) is 18.0 Å². The Labute approximate surface area is 178 Å². The fourth-order valence-electron chi connectivity index (χ4n) is 3.72. The Hall–Kier alpha value is -2.60. The highest BCUT2D eigenvalue weighted by atomic mass is 32.2. The molecule has 0 radical (unpaired) electrons. The van der Waals surface area contributed by atoms with Gasteiger partial charge in [0.05, 0.1) is 4.90 Å². The van der Waals surface area contributed by atoms with Crippen LogP contribution in [0.15, 0.2) is 62.9 Å². The van der Waals surface area contributed by atoms with Crippen LogP contribution in [0.5, 0.6) is 0 Å². The van der Waals surface area contributed by atoms with Crippen LogP contribution in [-0.2, 0) is 16.3 Å². The third-order valence-corrected chi connectivity index (χ3v) is 7.51. The standard InChI is InChI=1S/C24H28N2O3S/c1-4-19-7-11-21(12-8-19)30(27,28)23-24(26-15-13-18(3)14-16-26)29-22(25-23)20-9-5-17(2)6-10-20/h5-12,18H,4,13-16H2,1-3H3. The molecule has 1 aliphatic rings. The average Bonchev–Trinajstić information content (AvgIpc) is 3.21. The fourth-order valence-corrected chi connectivity index (χ4v) is 5.04. The molecule has 2 aromatic carbocycles. The summed E-state index contributed by atoms with van der Waals surface area (Å²) in [7, 11) is -3.80. The van der Waals surface area contributed by atoms with Gasteiger partial charge in [-0.05, 0) is 61.9 Å². The molecule has 1 aromatic heterocycles. The van der Waals surface area contributed by atoms with Crippen LogP contribution < -0.4 is 4.90 Å². The van der Waals surface area contributed by atoms with Crippen molar-refractivity contribution in [1.82, 2.24) is 4.98 Å². The van der Waals surface area contributed by atoms with Crippen LogP contribution in [-0.4, -0.2) is 26.5 Å². The van der Waals surface area contributed by atoms with Crippen LogP contribution in [0.1, 0.15) is 37.8 Å². The summed E-state index contributed by atoms with van der Waals surface area (Å²) in [6.07, 6.45) is 2.87. The van der Waals surface area contributed by atoms with Crippen molar-refractivity contribution in [3.63, 3.8) is 0 Å². The molecule has 6 heteroatoms. The summed E-state index contributed by atoms with van der Waals surface area (Å²) in [5.41, 5.74) is 2.99. The largest absolute Gasteiger partial charge is 0.419 e. The first-order valence-corrected chi connectivity index (χ1v) is 12.0. The van der Waals surface area contributed by atoms with Crippen molar-refractivity contribution < 1.29 is 12.8 Å². The molecule has 2 heterocycles. The molecule has 0 spiro atoms. The molecule has 0 aliphatic carbocycles. The molecule has 0 bridgehead atoms. The minimum absolute atomic E-state index is 0.0110. The van der Waals surface area contributed by atoms with Crippen LogP contribution in [0.2, 0.25) is 0 Å². The zero-order chi connectivity index (χ0) is 21.3. The van der Waals surface area contributed by atoms with Gasteiger partial charge in [-0.15, -0.1) is 0 Å². The number of hydrogen-bond acceptors (Lipinski definition) is 5. The maximum absolute atomic E-state index is 13.5. The van der Waals surface area contributed by atoms with Gasteiger partial charge in [0.2, 0.25) is 26.6 Å². The molecular formula is C24H28N2O3S. The van der Waals surface area contributed by atoms with Gasteiger partial charge in [0.15, 0.2) is 0 Å². The zero-order valence-electron chi connectivity index (χ0n) is 17.8. The highest BCUT2D eigenvalue weighted by Gasteiger charge is 2.32. The van der Waals surface area contributed by atoms with Crippen molar-refractivity contribution in [2.24, 2.45) is 5.92 Å². The molecule has 4 rings (SSSR count). The van der Waals surface area contributed by atoms with Crippen molar-refractivity contribution in [1.29, 1.82) is 0 Å². The summed E-state index contributed by atoms with van der Waals surface area (Å²) in [6.45, 7) is 7.81. The van der Waals surface area contributed by atoms with Crippen molar-refractivity contribution in [2.45, 2.75) is 50.0 Å². The minimum atomic E-state index is -3.80. The molecular weight excluding hydrogens is 396 g/mol. The van der Waals surface area contributed by atoms with E-state index in [9.17, 15) is 8.42 Å². The molecule has 5 nitrogen and oxygen atoms in total. The molecule has 0 N–H and O–H groups in total. The summed E-state index contributed by atoms with van der Waals surface area (Å²) in [5, 5.41) is 0.0110. The van der Waals surface area contributed by atoms with Crippen LogP contribution in [0.4, 0.5) is 5.88 Å². The number of aromatic nitrogens is 1. The Morgan fingerprint density at radius 1 is 1.03 bits per heavy atom. The second-order valence-corrected chi connectivity index (χ2v) is 10.0. The second kappa shape index (κ2) is 8.26. The number of aryl methyl sites for hydroxylation is 2. The third-order valence-electron chi connectivity index (χ3n) is 5.85. The number of piperidine rings is 1. The number of hydrogen-bond donors (Lipinski definition) is 0. The van der Waals surface area contributed by atoms with Crippen molar-refractivity contribution in [3.05, 3.63) is 59.7 Å². The van der Waals surface area contributed by atoms with Gasteiger partial charge in [-0.2, -0.15) is 4.98 Å². The maximum atomic E-state index is 13.5. The lowest BCUT2D eigenvalue weighted by molar-refractivity contribution is 0.415. The van der Waals surface area contributed by atoms with E-state index in [-0.39, 0.29) is 9.92 Å². The van der Waals surface area contributed by atoms with Gasteiger partial charge in [0.1, 0.15) is 0 Å². The topological polar surface area (TPSA) is 63.4 Å². The van der Waals surface area contributed by atoms with Gasteiger partial charge in [-0.25, -0.2) is 8.42 Å². The van der Waals surface area contributed by atoms with E-state index in [0.717, 1.165) is 49.0 Å². The molecule has 1 fully saturated rings. The fraction of sp³-hybridized carbons (Fsp3) is 0.375. The Morgan fingerprint density at radius 3 is 2.27 bits per heavy atom. The highest BCUT2D eigenvalue weighted by molar-refractivity contribution is 7.91. The van der Waals surface area contributed by atoms with Gasteiger partial charge in [-0.3, -0.25) is 0 Å². The summed E-state index contributed by atoms with van der Waals surface area (Å²) in [6, 6.07) is 14.8. The van der Waals surface area contributed by atoms with E-state index in [1.54, 1.807) is 12.1 Å². The summed E-state index contributed by atoms with van der Waals surface area (Å²) in [4.78, 5) is 6.77. The van der Waals surface area contributed by atoms with E-state index in [4.69, 9.17) is 4.42 Å². The molecule has 158 valence electrons. The van der Waals surface area contributed by atoms with Crippen LogP contribution in [0.3, 0.4) is 0 Å². The van der Waals surface area contributed by atoms with Gasteiger partial charge in [0, 0.05) is 18.7 Å². The van der Waals surface area contributed by atoms with E-state index in [1.165, 1.54) is 0 Å². The Bertz CT molecular complexity index is 1110. The lowest BCUT2D eigenvalue weighted by Crippen LogP contribution is -2.33. The van der Waals surface area contributed by atoms with Crippen LogP contribution in [0, 0.1) is 12.8 Å². The number of sulfone groups is 1. The lowest BCUT2D eigenvalue weighted by Gasteiger charge is -2.30. The quantitative estimate of drug-likeness (QED) is 0.557. The predicted octanol–water partition coefficient (Wildman–Crippen LogP) is 5.28. The molecule has 30 heavy (non-hydrogen) atoms. The SMILES string of the molecule is CCc1ccc(S(=O)(=O)c2nc(-c3ccc(C)cc3)oc2N2CCC(C)CC2)cc1. The van der Waals surface area contributed by atoms with E-state index in [1.807, 2.05) is 55.1 Å². The first-order chi connectivity index (χ1) is 14.4. The second-order valence-electron chi connectivity index (χ2n) is 8.17. The first-order valence-electron chi connectivity index (χ1n) is 10.6. The van der Waals surface area contributed by atoms with Gasteiger partial charge in [-0.1, -0.05) is 43.7 Å². The Morgan fingerprint density at radius 2 is 1.67 bits per heavy atom. The molecule has 0 saturated carbocycles. The molecule has 0 unspecified atom stereocenters. The van der Waals surface area contributed by atoms with Crippen molar-refractivity contribution >= 4 is 15.7 Å². The molecule has 0 atom stereocenters. The average molecular weight is 425 g/mol. The normalized spacial score (nSPS) is 15.5. The third kappa shape index (κ3) is 4.01. The number of benzene rings is 2. The van der Waals surface area contributed by atoms with E-state index in [2.05, 4.69) is 11.9 Å². The summed E-state index contributed by atoms with van der Waals surface area (Å²) >= 11 is 0. The van der Waals surface area contributed by atoms with E-state index >= 15 is 0 Å². The Kier molecular flexibility index (Phi) is 5.69. The number of oxazole rings is 1. The molecule has 1 aliphatic heterocycles. The van der Waals surface area contributed by atoms with Gasteiger partial charge >= 0.3 is 0 Å². The molecule has 1 saturated heterocycles. The maximum Gasteiger partial charge on any atom is 0.236 e.